The van der Waals surface area contributed by atoms with E-state index < -0.39 is 13.9 Å². The third-order valence-electron chi connectivity index (χ3n) is 11.7. The van der Waals surface area contributed by atoms with E-state index in [9.17, 15) is 23.9 Å². The van der Waals surface area contributed by atoms with E-state index in [4.69, 9.17) is 16.1 Å². The number of nitrogens with one attached hydrogen (secondary N) is 1. The zero-order valence-corrected chi connectivity index (χ0v) is 26.6. The molecule has 1 aromatic heterocycles. The summed E-state index contributed by atoms with van der Waals surface area (Å²) >= 11 is 7.64. The van der Waals surface area contributed by atoms with Gasteiger partial charge in [0.05, 0.1) is 16.5 Å². The lowest BCUT2D eigenvalue weighted by Gasteiger charge is -2.62. The molecular formula is C30H45ClNO6PS. The predicted octanol–water partition coefficient (Wildman–Crippen LogP) is 7.31. The Bertz CT molecular complexity index is 1170. The summed E-state index contributed by atoms with van der Waals surface area (Å²) in [6.45, 7) is 8.94. The van der Waals surface area contributed by atoms with Crippen LogP contribution in [-0.2, 0) is 18.7 Å². The van der Waals surface area contributed by atoms with Crippen LogP contribution in [-0.4, -0.2) is 27.6 Å². The number of thiophene rings is 1. The maximum Gasteiger partial charge on any atom is 0.469 e. The zero-order chi connectivity index (χ0) is 29.0. The van der Waals surface area contributed by atoms with Crippen molar-refractivity contribution in [2.24, 2.45) is 46.3 Å². The number of halogens is 1. The van der Waals surface area contributed by atoms with E-state index in [-0.39, 0.29) is 58.2 Å². The summed E-state index contributed by atoms with van der Waals surface area (Å²) < 4.78 is 18.4. The molecule has 0 unspecified atom stereocenters. The molecule has 10 atom stereocenters. The molecule has 0 bridgehead atoms. The Hall–Kier alpha value is -0.760. The van der Waals surface area contributed by atoms with Crippen molar-refractivity contribution in [3.63, 3.8) is 0 Å². The monoisotopic (exact) mass is 613 g/mol. The Labute approximate surface area is 247 Å². The van der Waals surface area contributed by atoms with Crippen LogP contribution in [0.15, 0.2) is 12.1 Å². The standard InChI is InChI=1S/C30H45ClNO6PS/c1-5-23(25-8-9-26(31)40-25)32-27(34)14-17(2)20-6-7-21-28-22(11-13-30(20,21)4)29(3)12-10-19(33)15-18(29)16-24(28)38-39(35,36)37/h8-9,17-18,20-24,28H,5-7,10-16H2,1-4H3,(H,32,34)(H2,35,36,37)/t17-,18+,20-,21+,22+,23-,24-,28+,29+,30-/m1/s1. The lowest BCUT2D eigenvalue weighted by atomic mass is 9.44. The molecule has 1 heterocycles. The maximum absolute atomic E-state index is 13.2. The van der Waals surface area contributed by atoms with E-state index >= 15 is 0 Å². The molecule has 4 fully saturated rings. The molecular weight excluding hydrogens is 569 g/mol. The van der Waals surface area contributed by atoms with Crippen molar-refractivity contribution in [3.05, 3.63) is 21.3 Å². The minimum Gasteiger partial charge on any atom is -0.348 e. The number of carbonyl (C=O) groups excluding carboxylic acids is 2. The van der Waals surface area contributed by atoms with E-state index in [0.29, 0.717) is 31.6 Å². The summed E-state index contributed by atoms with van der Waals surface area (Å²) in [6, 6.07) is 3.82. The fraction of sp³-hybridized carbons (Fsp3) is 0.800. The Morgan fingerprint density at radius 3 is 2.58 bits per heavy atom. The number of hydrogen-bond acceptors (Lipinski definition) is 5. The van der Waals surface area contributed by atoms with Crippen molar-refractivity contribution in [2.75, 3.05) is 0 Å². The molecule has 0 spiro atoms. The van der Waals surface area contributed by atoms with Gasteiger partial charge in [-0.15, -0.1) is 11.3 Å². The van der Waals surface area contributed by atoms with E-state index in [1.807, 2.05) is 12.1 Å². The van der Waals surface area contributed by atoms with Crippen molar-refractivity contribution in [3.8, 4) is 0 Å². The molecule has 4 saturated carbocycles. The average molecular weight is 614 g/mol. The summed E-state index contributed by atoms with van der Waals surface area (Å²) in [7, 11) is -4.68. The number of Topliss-reactive ketones (excluding diaryl/α,β-unsaturated/α-hetero) is 1. The van der Waals surface area contributed by atoms with Crippen LogP contribution in [0.25, 0.3) is 0 Å². The van der Waals surface area contributed by atoms with Crippen molar-refractivity contribution in [1.29, 1.82) is 0 Å². The number of phosphoric acid groups is 1. The van der Waals surface area contributed by atoms with Crippen molar-refractivity contribution in [1.82, 2.24) is 5.32 Å². The molecule has 0 saturated heterocycles. The number of phosphoric ester groups is 1. The van der Waals surface area contributed by atoms with E-state index in [1.165, 1.54) is 11.3 Å². The molecule has 40 heavy (non-hydrogen) atoms. The highest BCUT2D eigenvalue weighted by Crippen LogP contribution is 2.69. The van der Waals surface area contributed by atoms with Crippen molar-refractivity contribution in [2.45, 2.75) is 104 Å². The molecule has 224 valence electrons. The van der Waals surface area contributed by atoms with Gasteiger partial charge in [-0.2, -0.15) is 0 Å². The molecule has 4 aliphatic rings. The Morgan fingerprint density at radius 2 is 1.93 bits per heavy atom. The van der Waals surface area contributed by atoms with E-state index in [0.717, 1.165) is 47.7 Å². The number of rotatable bonds is 8. The van der Waals surface area contributed by atoms with Crippen LogP contribution in [0.1, 0.15) is 103 Å². The van der Waals surface area contributed by atoms with Gasteiger partial charge < -0.3 is 15.1 Å². The van der Waals surface area contributed by atoms with Gasteiger partial charge >= 0.3 is 7.82 Å². The molecule has 1 aromatic rings. The number of carbonyl (C=O) groups is 2. The highest BCUT2D eigenvalue weighted by Gasteiger charge is 2.64. The average Bonchev–Trinajstić information content (AvgIpc) is 3.45. The second kappa shape index (κ2) is 11.4. The van der Waals surface area contributed by atoms with Gasteiger partial charge in [-0.3, -0.25) is 14.1 Å². The Kier molecular flexibility index (Phi) is 8.74. The third-order valence-corrected chi connectivity index (χ3v) is 13.6. The normalized spacial score (nSPS) is 39.1. The quantitative estimate of drug-likeness (QED) is 0.265. The number of fused-ring (bicyclic) bond motifs is 5. The molecule has 5 rings (SSSR count). The lowest BCUT2D eigenvalue weighted by Crippen LogP contribution is -2.58. The van der Waals surface area contributed by atoms with Gasteiger partial charge in [-0.05, 0) is 103 Å². The van der Waals surface area contributed by atoms with Gasteiger partial charge in [0.2, 0.25) is 5.91 Å². The Balaban J connectivity index is 1.34. The largest absolute Gasteiger partial charge is 0.469 e. The fourth-order valence-electron chi connectivity index (χ4n) is 9.83. The second-order valence-corrected chi connectivity index (χ2v) is 16.6. The van der Waals surface area contributed by atoms with E-state index in [1.54, 1.807) is 0 Å². The second-order valence-electron chi connectivity index (χ2n) is 13.7. The molecule has 0 aliphatic heterocycles. The number of amides is 1. The van der Waals surface area contributed by atoms with Gasteiger partial charge in [0, 0.05) is 24.1 Å². The summed E-state index contributed by atoms with van der Waals surface area (Å²) in [4.78, 5) is 46.4. The fourth-order valence-corrected chi connectivity index (χ4v) is 11.6. The summed E-state index contributed by atoms with van der Waals surface area (Å²) in [5.41, 5.74) is -0.0192. The summed E-state index contributed by atoms with van der Waals surface area (Å²) in [5.74, 6) is 1.61. The maximum atomic E-state index is 13.2. The van der Waals surface area contributed by atoms with Crippen LogP contribution in [0.2, 0.25) is 4.34 Å². The minimum atomic E-state index is -4.68. The topological polar surface area (TPSA) is 113 Å². The lowest BCUT2D eigenvalue weighted by molar-refractivity contribution is -0.166. The van der Waals surface area contributed by atoms with Gasteiger partial charge in [-0.25, -0.2) is 4.57 Å². The van der Waals surface area contributed by atoms with E-state index in [2.05, 4.69) is 33.0 Å². The van der Waals surface area contributed by atoms with Crippen molar-refractivity contribution < 1.29 is 28.5 Å². The molecule has 3 N–H and O–H groups in total. The zero-order valence-electron chi connectivity index (χ0n) is 24.1. The number of ketones is 1. The first-order valence-electron chi connectivity index (χ1n) is 15.1. The van der Waals surface area contributed by atoms with Crippen molar-refractivity contribution >= 4 is 42.5 Å². The summed E-state index contributed by atoms with van der Waals surface area (Å²) in [6.07, 6.45) is 7.23. The van der Waals surface area contributed by atoms with Crippen LogP contribution in [0, 0.1) is 46.3 Å². The Morgan fingerprint density at radius 1 is 1.20 bits per heavy atom. The molecule has 4 aliphatic carbocycles. The van der Waals surface area contributed by atoms with Gasteiger partial charge in [-0.1, -0.05) is 39.3 Å². The highest BCUT2D eigenvalue weighted by molar-refractivity contribution is 7.46. The number of hydrogen-bond donors (Lipinski definition) is 3. The first kappa shape index (κ1) is 30.7. The summed E-state index contributed by atoms with van der Waals surface area (Å²) in [5, 5.41) is 3.23. The minimum absolute atomic E-state index is 0.00188. The predicted molar refractivity (Wildman–Crippen MR) is 157 cm³/mol. The van der Waals surface area contributed by atoms with Crippen LogP contribution in [0.3, 0.4) is 0 Å². The molecule has 0 radical (unpaired) electrons. The van der Waals surface area contributed by atoms with Crippen LogP contribution >= 0.6 is 30.8 Å². The van der Waals surface area contributed by atoms with Gasteiger partial charge in [0.15, 0.2) is 0 Å². The molecule has 7 nitrogen and oxygen atoms in total. The van der Waals surface area contributed by atoms with Gasteiger partial charge in [0.25, 0.3) is 0 Å². The van der Waals surface area contributed by atoms with Crippen LogP contribution in [0.4, 0.5) is 0 Å². The smallest absolute Gasteiger partial charge is 0.348 e. The SMILES string of the molecule is CC[C@@H](NC(=O)C[C@@H](C)[C@H]1CC[C@H]2[C@@H]3[C@H](OP(=O)(O)O)C[C@@H]4CC(=O)CC[C@]4(C)[C@H]3CC[C@]12C)c1ccc(Cl)s1. The van der Waals surface area contributed by atoms with Crippen LogP contribution < -0.4 is 5.32 Å². The highest BCUT2D eigenvalue weighted by atomic mass is 35.5. The molecule has 0 aromatic carbocycles. The first-order chi connectivity index (χ1) is 18.7. The first-order valence-corrected chi connectivity index (χ1v) is 17.8. The van der Waals surface area contributed by atoms with Crippen LogP contribution in [0.5, 0.6) is 0 Å². The molecule has 10 heteroatoms. The van der Waals surface area contributed by atoms with Gasteiger partial charge in [0.1, 0.15) is 5.78 Å². The third kappa shape index (κ3) is 5.75. The molecule has 1 amide bonds.